The molecule has 0 amide bonds. The van der Waals surface area contributed by atoms with E-state index in [1.165, 1.54) is 48.6 Å². The molecule has 0 aliphatic carbocycles. The predicted octanol–water partition coefficient (Wildman–Crippen LogP) is 7.16. The Morgan fingerprint density at radius 2 is 1.74 bits per heavy atom. The van der Waals surface area contributed by atoms with Crippen LogP contribution in [0.15, 0.2) is 70.1 Å². The van der Waals surface area contributed by atoms with Gasteiger partial charge in [0.25, 0.3) is 5.01 Å². The number of hydrogen-bond donors (Lipinski definition) is 0. The van der Waals surface area contributed by atoms with Crippen LogP contribution in [-0.4, -0.2) is 6.54 Å². The quantitative estimate of drug-likeness (QED) is 0.277. The molecule has 6 heteroatoms. The molecule has 4 rings (SSSR count). The first-order chi connectivity index (χ1) is 16.6. The Labute approximate surface area is 209 Å². The molecule has 0 spiro atoms. The summed E-state index contributed by atoms with van der Waals surface area (Å²) in [6, 6.07) is 16.8. The highest BCUT2D eigenvalue weighted by Crippen LogP contribution is 2.46. The molecule has 2 aromatic carbocycles. The Bertz CT molecular complexity index is 1440. The molecule has 0 bridgehead atoms. The van der Waals surface area contributed by atoms with Gasteiger partial charge in [0.1, 0.15) is 11.2 Å². The standard InChI is InChI=1S/C28H25N4S2/c1-4-31-23-12-10-21(8-6-14-29)18-25(23)33-27(31)16-20(3)17-28-32(5-2)24-13-11-22(9-7-15-30)19-26(24)34-28/h6-13,16-19H,4-5H2,1-3H3/q+1/b8-6+,9-7+. The van der Waals surface area contributed by atoms with Gasteiger partial charge in [0.15, 0.2) is 0 Å². The van der Waals surface area contributed by atoms with E-state index in [-0.39, 0.29) is 0 Å². The van der Waals surface area contributed by atoms with E-state index in [1.807, 2.05) is 12.2 Å². The normalized spacial score (nSPS) is 14.9. The van der Waals surface area contributed by atoms with Crippen LogP contribution in [-0.2, 0) is 6.54 Å². The molecular formula is C28H25N4S2+. The number of nitriles is 2. The van der Waals surface area contributed by atoms with Crippen LogP contribution >= 0.6 is 23.1 Å². The SMILES string of the molecule is CCN1/C(=C/C(C)=C/c2sc3cc(/C=C/C#N)ccc3[n+]2CC)Sc2cc(/C=C/C#N)ccc21. The summed E-state index contributed by atoms with van der Waals surface area (Å²) >= 11 is 3.54. The fourth-order valence-electron chi connectivity index (χ4n) is 4.02. The van der Waals surface area contributed by atoms with Gasteiger partial charge in [-0.2, -0.15) is 15.1 Å². The van der Waals surface area contributed by atoms with Crippen molar-refractivity contribution in [1.82, 2.24) is 0 Å². The first-order valence-corrected chi connectivity index (χ1v) is 12.8. The summed E-state index contributed by atoms with van der Waals surface area (Å²) in [6.45, 7) is 8.27. The average molecular weight is 482 g/mol. The van der Waals surface area contributed by atoms with E-state index in [4.69, 9.17) is 10.5 Å². The van der Waals surface area contributed by atoms with Crippen LogP contribution < -0.4 is 9.47 Å². The molecule has 4 nitrogen and oxygen atoms in total. The maximum atomic E-state index is 8.81. The van der Waals surface area contributed by atoms with Gasteiger partial charge in [-0.25, -0.2) is 0 Å². The second-order valence-corrected chi connectivity index (χ2v) is 9.91. The van der Waals surface area contributed by atoms with Gasteiger partial charge in [-0.15, -0.1) is 0 Å². The maximum Gasteiger partial charge on any atom is 0.262 e. The third-order valence-electron chi connectivity index (χ3n) is 5.55. The number of aromatic nitrogens is 1. The fourth-order valence-corrected chi connectivity index (χ4v) is 6.59. The summed E-state index contributed by atoms with van der Waals surface area (Å²) in [7, 11) is 0. The third-order valence-corrected chi connectivity index (χ3v) is 7.73. The first kappa shape index (κ1) is 23.6. The lowest BCUT2D eigenvalue weighted by atomic mass is 10.2. The van der Waals surface area contributed by atoms with Crippen molar-refractivity contribution in [3.8, 4) is 12.1 Å². The molecule has 0 unspecified atom stereocenters. The molecule has 0 saturated carbocycles. The molecule has 0 atom stereocenters. The number of benzene rings is 2. The van der Waals surface area contributed by atoms with Gasteiger partial charge in [0.2, 0.25) is 5.52 Å². The molecule has 1 aromatic heterocycles. The molecule has 34 heavy (non-hydrogen) atoms. The van der Waals surface area contributed by atoms with Crippen molar-refractivity contribution < 1.29 is 4.57 Å². The smallest absolute Gasteiger partial charge is 0.262 e. The lowest BCUT2D eigenvalue weighted by molar-refractivity contribution is -0.665. The van der Waals surface area contributed by atoms with Crippen LogP contribution in [0.3, 0.4) is 0 Å². The van der Waals surface area contributed by atoms with Gasteiger partial charge in [-0.1, -0.05) is 29.2 Å². The van der Waals surface area contributed by atoms with Crippen molar-refractivity contribution in [1.29, 1.82) is 10.5 Å². The first-order valence-electron chi connectivity index (χ1n) is 11.2. The van der Waals surface area contributed by atoms with Crippen molar-refractivity contribution in [2.45, 2.75) is 32.2 Å². The molecule has 0 saturated heterocycles. The van der Waals surface area contributed by atoms with Gasteiger partial charge in [0.05, 0.1) is 22.9 Å². The number of thiazole rings is 1. The second kappa shape index (κ2) is 10.6. The number of nitrogens with zero attached hydrogens (tertiary/aromatic N) is 4. The molecule has 1 aliphatic heterocycles. The van der Waals surface area contributed by atoms with Crippen molar-refractivity contribution in [2.24, 2.45) is 0 Å². The van der Waals surface area contributed by atoms with Crippen molar-refractivity contribution >= 4 is 57.2 Å². The maximum absolute atomic E-state index is 8.81. The highest BCUT2D eigenvalue weighted by atomic mass is 32.2. The number of rotatable bonds is 6. The Morgan fingerprint density at radius 3 is 2.41 bits per heavy atom. The van der Waals surface area contributed by atoms with Gasteiger partial charge < -0.3 is 4.90 Å². The number of aryl methyl sites for hydroxylation is 1. The molecular weight excluding hydrogens is 456 g/mol. The van der Waals surface area contributed by atoms with Crippen LogP contribution in [0.4, 0.5) is 5.69 Å². The second-order valence-electron chi connectivity index (χ2n) is 7.78. The van der Waals surface area contributed by atoms with Crippen LogP contribution in [0.2, 0.25) is 0 Å². The molecule has 3 aromatic rings. The largest absolute Gasteiger partial charge is 0.335 e. The molecule has 0 radical (unpaired) electrons. The fraction of sp³-hybridized carbons (Fsp3) is 0.179. The Hall–Kier alpha value is -3.58. The molecule has 0 N–H and O–H groups in total. The molecule has 2 heterocycles. The van der Waals surface area contributed by atoms with Crippen LogP contribution in [0.25, 0.3) is 28.4 Å². The van der Waals surface area contributed by atoms with Crippen molar-refractivity contribution in [3.05, 3.63) is 81.4 Å². The third kappa shape index (κ3) is 4.84. The van der Waals surface area contributed by atoms with Crippen molar-refractivity contribution in [3.63, 3.8) is 0 Å². The Kier molecular flexibility index (Phi) is 7.33. The summed E-state index contributed by atoms with van der Waals surface area (Å²) in [5, 5.41) is 20.0. The monoisotopic (exact) mass is 481 g/mol. The van der Waals surface area contributed by atoms with E-state index in [2.05, 4.69) is 90.9 Å². The number of hydrogen-bond acceptors (Lipinski definition) is 5. The Balaban J connectivity index is 1.67. The zero-order chi connectivity index (χ0) is 24.1. The number of thioether (sulfide) groups is 1. The van der Waals surface area contributed by atoms with Gasteiger partial charge in [-0.05, 0) is 80.0 Å². The number of allylic oxidation sites excluding steroid dienone is 4. The summed E-state index contributed by atoms with van der Waals surface area (Å²) < 4.78 is 3.55. The predicted molar refractivity (Wildman–Crippen MR) is 144 cm³/mol. The summed E-state index contributed by atoms with van der Waals surface area (Å²) in [5.41, 5.74) is 5.69. The number of anilines is 1. The zero-order valence-electron chi connectivity index (χ0n) is 19.4. The minimum Gasteiger partial charge on any atom is -0.335 e. The van der Waals surface area contributed by atoms with E-state index < -0.39 is 0 Å². The van der Waals surface area contributed by atoms with Gasteiger partial charge in [0, 0.05) is 35.7 Å². The van der Waals surface area contributed by atoms with Gasteiger partial charge in [-0.3, -0.25) is 0 Å². The molecule has 0 fully saturated rings. The summed E-state index contributed by atoms with van der Waals surface area (Å²) in [5.74, 6) is 0. The summed E-state index contributed by atoms with van der Waals surface area (Å²) in [4.78, 5) is 3.55. The lowest BCUT2D eigenvalue weighted by Gasteiger charge is -2.18. The van der Waals surface area contributed by atoms with Gasteiger partial charge >= 0.3 is 0 Å². The summed E-state index contributed by atoms with van der Waals surface area (Å²) in [6.07, 6.45) is 11.2. The minimum atomic E-state index is 0.892. The van der Waals surface area contributed by atoms with E-state index in [9.17, 15) is 0 Å². The van der Waals surface area contributed by atoms with E-state index in [1.54, 1.807) is 23.1 Å². The van der Waals surface area contributed by atoms with Crippen LogP contribution in [0, 0.1) is 22.7 Å². The molecule has 1 aliphatic rings. The Morgan fingerprint density at radius 1 is 1.03 bits per heavy atom. The van der Waals surface area contributed by atoms with E-state index in [0.717, 1.165) is 24.2 Å². The average Bonchev–Trinajstić information content (AvgIpc) is 3.36. The molecule has 168 valence electrons. The van der Waals surface area contributed by atoms with E-state index in [0.29, 0.717) is 0 Å². The highest BCUT2D eigenvalue weighted by Gasteiger charge is 2.24. The lowest BCUT2D eigenvalue weighted by Crippen LogP contribution is -2.33. The van der Waals surface area contributed by atoms with Crippen LogP contribution in [0.1, 0.15) is 36.9 Å². The van der Waals surface area contributed by atoms with E-state index >= 15 is 0 Å². The highest BCUT2D eigenvalue weighted by molar-refractivity contribution is 8.03. The van der Waals surface area contributed by atoms with Crippen LogP contribution in [0.5, 0.6) is 0 Å². The minimum absolute atomic E-state index is 0.892. The topological polar surface area (TPSA) is 54.7 Å². The number of fused-ring (bicyclic) bond motifs is 2. The van der Waals surface area contributed by atoms with Crippen molar-refractivity contribution in [2.75, 3.05) is 11.4 Å². The zero-order valence-corrected chi connectivity index (χ0v) is 21.1.